The van der Waals surface area contributed by atoms with Crippen LogP contribution in [-0.2, 0) is 11.2 Å². The first-order valence-electron chi connectivity index (χ1n) is 13.6. The fourth-order valence-corrected chi connectivity index (χ4v) is 5.89. The van der Waals surface area contributed by atoms with Crippen LogP contribution in [-0.4, -0.2) is 55.0 Å². The number of ether oxygens (including phenoxy) is 2. The van der Waals surface area contributed by atoms with Crippen LogP contribution in [0.2, 0.25) is 0 Å². The molecule has 0 aromatic heterocycles. The number of aromatic hydroxyl groups is 1. The Bertz CT molecular complexity index is 1330. The second-order valence-electron chi connectivity index (χ2n) is 11.4. The molecule has 2 atom stereocenters. The number of methoxy groups -OCH3 is 1. The number of aryl methyl sites for hydroxylation is 1. The highest BCUT2D eigenvalue weighted by atomic mass is 19.1. The minimum atomic E-state index is -0.514. The highest BCUT2D eigenvalue weighted by molar-refractivity contribution is 5.69. The van der Waals surface area contributed by atoms with Crippen molar-refractivity contribution in [1.29, 1.82) is 0 Å². The minimum absolute atomic E-state index is 0.00664. The lowest BCUT2D eigenvalue weighted by molar-refractivity contribution is 0.0240. The number of piperazine rings is 1. The Hall–Kier alpha value is -3.74. The number of hydrogen-bond acceptors (Lipinski definition) is 5. The minimum Gasteiger partial charge on any atom is -0.508 e. The Kier molecular flexibility index (Phi) is 7.43. The molecule has 0 radical (unpaired) electrons. The Morgan fingerprint density at radius 1 is 0.949 bits per heavy atom. The van der Waals surface area contributed by atoms with E-state index >= 15 is 0 Å². The molecule has 39 heavy (non-hydrogen) atoms. The summed E-state index contributed by atoms with van der Waals surface area (Å²) in [5, 5.41) is 10.1. The summed E-state index contributed by atoms with van der Waals surface area (Å²) in [5.41, 5.74) is 4.96. The Labute approximate surface area is 230 Å². The van der Waals surface area contributed by atoms with Crippen molar-refractivity contribution in [3.05, 3.63) is 88.7 Å². The van der Waals surface area contributed by atoms with Gasteiger partial charge in [-0.3, -0.25) is 0 Å². The molecular formula is C32H37FN2O4. The van der Waals surface area contributed by atoms with Crippen LogP contribution in [0.1, 0.15) is 61.3 Å². The normalized spacial score (nSPS) is 19.4. The standard InChI is InChI=1S/C32H37FN2O4/c1-32(2,3)39-31(37)35-17-15-34(16-18-35)24-10-13-28(29(20-24)38-4)30-26(21-5-8-23(33)9-6-21)12-7-22-19-25(36)11-14-27(22)30/h5-6,8-11,13-14,19-20,26,30,36H,7,12,15-18H2,1-4H3/t26-,30+/m1/s1. The summed E-state index contributed by atoms with van der Waals surface area (Å²) in [7, 11) is 1.69. The summed E-state index contributed by atoms with van der Waals surface area (Å²) in [5.74, 6) is 0.943. The van der Waals surface area contributed by atoms with Crippen molar-refractivity contribution >= 4 is 11.8 Å². The molecule has 1 heterocycles. The Morgan fingerprint density at radius 2 is 1.64 bits per heavy atom. The first-order chi connectivity index (χ1) is 18.6. The van der Waals surface area contributed by atoms with Crippen molar-refractivity contribution in [3.63, 3.8) is 0 Å². The second kappa shape index (κ2) is 10.8. The molecule has 1 aliphatic heterocycles. The van der Waals surface area contributed by atoms with Gasteiger partial charge < -0.3 is 24.4 Å². The number of benzene rings is 3. The molecule has 7 heteroatoms. The zero-order chi connectivity index (χ0) is 27.7. The third-order valence-corrected chi connectivity index (χ3v) is 7.74. The van der Waals surface area contributed by atoms with Crippen molar-refractivity contribution in [3.8, 4) is 11.5 Å². The van der Waals surface area contributed by atoms with Gasteiger partial charge in [-0.2, -0.15) is 0 Å². The molecule has 2 aliphatic rings. The van der Waals surface area contributed by atoms with Gasteiger partial charge in [-0.1, -0.05) is 24.3 Å². The fourth-order valence-electron chi connectivity index (χ4n) is 5.89. The highest BCUT2D eigenvalue weighted by Crippen LogP contribution is 2.49. The van der Waals surface area contributed by atoms with Gasteiger partial charge in [-0.15, -0.1) is 0 Å². The van der Waals surface area contributed by atoms with E-state index in [2.05, 4.69) is 23.1 Å². The van der Waals surface area contributed by atoms with Crippen LogP contribution < -0.4 is 9.64 Å². The number of carbonyl (C=O) groups is 1. The van der Waals surface area contributed by atoms with E-state index in [1.165, 1.54) is 12.1 Å². The van der Waals surface area contributed by atoms with E-state index in [-0.39, 0.29) is 29.5 Å². The van der Waals surface area contributed by atoms with Gasteiger partial charge in [0.1, 0.15) is 22.9 Å². The molecule has 3 aromatic carbocycles. The number of amides is 1. The zero-order valence-corrected chi connectivity index (χ0v) is 23.1. The Balaban J connectivity index is 1.43. The van der Waals surface area contributed by atoms with Crippen LogP contribution in [0.5, 0.6) is 11.5 Å². The number of carbonyl (C=O) groups excluding carboxylic acids is 1. The van der Waals surface area contributed by atoms with Crippen molar-refractivity contribution in [1.82, 2.24) is 4.90 Å². The van der Waals surface area contributed by atoms with Gasteiger partial charge in [-0.25, -0.2) is 9.18 Å². The lowest BCUT2D eigenvalue weighted by atomic mass is 9.69. The predicted octanol–water partition coefficient (Wildman–Crippen LogP) is 6.46. The van der Waals surface area contributed by atoms with Crippen LogP contribution in [0.4, 0.5) is 14.9 Å². The second-order valence-corrected chi connectivity index (χ2v) is 11.4. The number of rotatable bonds is 4. The van der Waals surface area contributed by atoms with Gasteiger partial charge in [0.2, 0.25) is 0 Å². The summed E-state index contributed by atoms with van der Waals surface area (Å²) in [4.78, 5) is 16.5. The van der Waals surface area contributed by atoms with Crippen molar-refractivity contribution in [2.45, 2.75) is 51.0 Å². The van der Waals surface area contributed by atoms with Crippen LogP contribution in [0.25, 0.3) is 0 Å². The molecule has 1 N–H and O–H groups in total. The summed E-state index contributed by atoms with van der Waals surface area (Å²) >= 11 is 0. The molecule has 0 unspecified atom stereocenters. The molecule has 3 aromatic rings. The van der Waals surface area contributed by atoms with Crippen molar-refractivity contribution in [2.75, 3.05) is 38.2 Å². The highest BCUT2D eigenvalue weighted by Gasteiger charge is 2.34. The lowest BCUT2D eigenvalue weighted by Gasteiger charge is -2.38. The molecule has 1 amide bonds. The lowest BCUT2D eigenvalue weighted by Crippen LogP contribution is -2.50. The molecule has 0 saturated carbocycles. The molecule has 1 saturated heterocycles. The molecule has 1 aliphatic carbocycles. The van der Waals surface area contributed by atoms with Gasteiger partial charge in [0, 0.05) is 49.4 Å². The van der Waals surface area contributed by atoms with E-state index in [0.717, 1.165) is 46.5 Å². The SMILES string of the molecule is COc1cc(N2CCN(C(=O)OC(C)(C)C)CC2)ccc1[C@@H]1c2ccc(O)cc2CC[C@@H]1c1ccc(F)cc1. The maximum atomic E-state index is 13.8. The van der Waals surface area contributed by atoms with Crippen molar-refractivity contribution in [2.24, 2.45) is 0 Å². The molecular weight excluding hydrogens is 495 g/mol. The maximum absolute atomic E-state index is 13.8. The van der Waals surface area contributed by atoms with Gasteiger partial charge in [0.15, 0.2) is 0 Å². The van der Waals surface area contributed by atoms with Gasteiger partial charge in [-0.05, 0) is 86.6 Å². The summed E-state index contributed by atoms with van der Waals surface area (Å²) in [6.07, 6.45) is 1.44. The van der Waals surface area contributed by atoms with Gasteiger partial charge in [0.25, 0.3) is 0 Å². The van der Waals surface area contributed by atoms with Crippen LogP contribution in [0, 0.1) is 5.82 Å². The van der Waals surface area contributed by atoms with E-state index in [0.29, 0.717) is 26.2 Å². The smallest absolute Gasteiger partial charge is 0.410 e. The Morgan fingerprint density at radius 3 is 2.31 bits per heavy atom. The molecule has 206 valence electrons. The van der Waals surface area contributed by atoms with Gasteiger partial charge in [0.05, 0.1) is 7.11 Å². The van der Waals surface area contributed by atoms with Crippen molar-refractivity contribution < 1.29 is 23.8 Å². The average molecular weight is 533 g/mol. The number of anilines is 1. The van der Waals surface area contributed by atoms with Crippen LogP contribution >= 0.6 is 0 Å². The molecule has 1 fully saturated rings. The summed E-state index contributed by atoms with van der Waals surface area (Å²) in [6, 6.07) is 18.7. The van der Waals surface area contributed by atoms with E-state index < -0.39 is 5.60 Å². The molecule has 0 spiro atoms. The third kappa shape index (κ3) is 5.82. The number of halogens is 1. The monoisotopic (exact) mass is 532 g/mol. The number of nitrogens with zero attached hydrogens (tertiary/aromatic N) is 2. The predicted molar refractivity (Wildman–Crippen MR) is 150 cm³/mol. The largest absolute Gasteiger partial charge is 0.508 e. The number of fused-ring (bicyclic) bond motifs is 1. The number of phenols is 1. The zero-order valence-electron chi connectivity index (χ0n) is 23.1. The topological polar surface area (TPSA) is 62.2 Å². The van der Waals surface area contributed by atoms with E-state index in [1.54, 1.807) is 18.1 Å². The summed E-state index contributed by atoms with van der Waals surface area (Å²) in [6.45, 7) is 8.21. The van der Waals surface area contributed by atoms with E-state index in [1.807, 2.05) is 45.0 Å². The van der Waals surface area contributed by atoms with Crippen LogP contribution in [0.3, 0.4) is 0 Å². The molecule has 6 nitrogen and oxygen atoms in total. The average Bonchev–Trinajstić information content (AvgIpc) is 2.91. The number of hydrogen-bond donors (Lipinski definition) is 1. The molecule has 0 bridgehead atoms. The van der Waals surface area contributed by atoms with E-state index in [4.69, 9.17) is 9.47 Å². The quantitative estimate of drug-likeness (QED) is 0.418. The summed E-state index contributed by atoms with van der Waals surface area (Å²) < 4.78 is 25.3. The maximum Gasteiger partial charge on any atom is 0.410 e. The first-order valence-corrected chi connectivity index (χ1v) is 13.6. The van der Waals surface area contributed by atoms with Gasteiger partial charge >= 0.3 is 6.09 Å². The molecule has 5 rings (SSSR count). The third-order valence-electron chi connectivity index (χ3n) is 7.74. The van der Waals surface area contributed by atoms with Crippen LogP contribution in [0.15, 0.2) is 60.7 Å². The fraction of sp³-hybridized carbons (Fsp3) is 0.406. The van der Waals surface area contributed by atoms with E-state index in [9.17, 15) is 14.3 Å². The number of phenolic OH excluding ortho intramolecular Hbond substituents is 1. The first kappa shape index (κ1) is 26.9.